The van der Waals surface area contributed by atoms with Gasteiger partial charge in [-0.3, -0.25) is 9.69 Å². The zero-order valence-corrected chi connectivity index (χ0v) is 29.3. The molecule has 270 valence electrons. The van der Waals surface area contributed by atoms with Crippen molar-refractivity contribution in [2.75, 3.05) is 16.8 Å². The van der Waals surface area contributed by atoms with Crippen molar-refractivity contribution in [3.63, 3.8) is 0 Å². The van der Waals surface area contributed by atoms with Gasteiger partial charge >= 0.3 is 12.2 Å². The van der Waals surface area contributed by atoms with Gasteiger partial charge in [0.15, 0.2) is 11.4 Å². The van der Waals surface area contributed by atoms with E-state index >= 15 is 0 Å². The molecule has 0 unspecified atom stereocenters. The van der Waals surface area contributed by atoms with Gasteiger partial charge in [-0.1, -0.05) is 12.1 Å². The fourth-order valence-electron chi connectivity index (χ4n) is 5.35. The van der Waals surface area contributed by atoms with Crippen LogP contribution in [0.2, 0.25) is 0 Å². The number of alkyl halides is 2. The summed E-state index contributed by atoms with van der Waals surface area (Å²) in [7, 11) is 0. The summed E-state index contributed by atoms with van der Waals surface area (Å²) >= 11 is 0. The number of carbonyl (C=O) groups is 3. The van der Waals surface area contributed by atoms with Crippen molar-refractivity contribution in [1.82, 2.24) is 25.1 Å². The maximum Gasteiger partial charge on any atom is 0.416 e. The first-order valence-electron chi connectivity index (χ1n) is 16.7. The van der Waals surface area contributed by atoms with E-state index in [1.54, 1.807) is 77.9 Å². The van der Waals surface area contributed by atoms with Crippen LogP contribution in [-0.2, 0) is 15.0 Å². The Labute approximate surface area is 293 Å². The molecule has 4 aromatic rings. The van der Waals surface area contributed by atoms with Crippen molar-refractivity contribution < 1.29 is 37.1 Å². The summed E-state index contributed by atoms with van der Waals surface area (Å²) in [5.74, 6) is -0.0285. The smallest absolute Gasteiger partial charge is 0.416 e. The lowest BCUT2D eigenvalue weighted by Gasteiger charge is -2.27. The number of oxazole rings is 1. The third-order valence-electron chi connectivity index (χ3n) is 8.13. The van der Waals surface area contributed by atoms with Crippen LogP contribution in [0.3, 0.4) is 0 Å². The molecule has 0 atom stereocenters. The second-order valence-electron chi connectivity index (χ2n) is 14.9. The van der Waals surface area contributed by atoms with E-state index < -0.39 is 47.0 Å². The number of pyridine rings is 1. The van der Waals surface area contributed by atoms with Gasteiger partial charge in [0.25, 0.3) is 12.3 Å². The molecule has 6 rings (SSSR count). The largest absolute Gasteiger partial charge is 0.444 e. The fourth-order valence-corrected chi connectivity index (χ4v) is 5.35. The third kappa shape index (κ3) is 8.70. The first kappa shape index (κ1) is 35.5. The maximum absolute atomic E-state index is 14.1. The van der Waals surface area contributed by atoms with Gasteiger partial charge in [-0.25, -0.2) is 33.0 Å². The molecule has 3 heterocycles. The second kappa shape index (κ2) is 13.4. The number of halogens is 2. The number of amides is 3. The Kier molecular flexibility index (Phi) is 9.33. The summed E-state index contributed by atoms with van der Waals surface area (Å²) in [6, 6.07) is 10.2. The molecule has 51 heavy (non-hydrogen) atoms. The number of nitrogens with zero attached hydrogens (tertiary/aromatic N) is 5. The van der Waals surface area contributed by atoms with Crippen molar-refractivity contribution in [2.45, 2.75) is 90.4 Å². The predicted molar refractivity (Wildman–Crippen MR) is 183 cm³/mol. The maximum atomic E-state index is 14.1. The average Bonchev–Trinajstić information content (AvgIpc) is 3.92. The Morgan fingerprint density at radius 1 is 1.04 bits per heavy atom. The molecular formula is C36H41F2N7O6. The molecule has 3 amide bonds. The summed E-state index contributed by atoms with van der Waals surface area (Å²) in [4.78, 5) is 48.7. The highest BCUT2D eigenvalue weighted by atomic mass is 19.3. The van der Waals surface area contributed by atoms with Gasteiger partial charge < -0.3 is 24.5 Å². The molecule has 0 spiro atoms. The third-order valence-corrected chi connectivity index (χ3v) is 8.13. The minimum Gasteiger partial charge on any atom is -0.444 e. The summed E-state index contributed by atoms with van der Waals surface area (Å²) in [6.45, 7) is 11.2. The Hall–Kier alpha value is -5.34. The van der Waals surface area contributed by atoms with Crippen molar-refractivity contribution in [2.24, 2.45) is 5.92 Å². The molecule has 2 saturated carbocycles. The lowest BCUT2D eigenvalue weighted by Crippen LogP contribution is -2.39. The van der Waals surface area contributed by atoms with Gasteiger partial charge in [0.1, 0.15) is 23.3 Å². The van der Waals surface area contributed by atoms with Gasteiger partial charge in [0, 0.05) is 18.3 Å². The molecule has 2 fully saturated rings. The van der Waals surface area contributed by atoms with Crippen LogP contribution in [0.5, 0.6) is 0 Å². The summed E-state index contributed by atoms with van der Waals surface area (Å²) in [6.07, 6.45) is 3.35. The lowest BCUT2D eigenvalue weighted by molar-refractivity contribution is 0.0493. The van der Waals surface area contributed by atoms with Crippen molar-refractivity contribution in [3.05, 3.63) is 72.0 Å². The van der Waals surface area contributed by atoms with E-state index in [4.69, 9.17) is 13.9 Å². The number of rotatable bonds is 10. The molecule has 0 bridgehead atoms. The molecule has 0 saturated heterocycles. The number of benzene rings is 1. The van der Waals surface area contributed by atoms with Gasteiger partial charge in [-0.2, -0.15) is 5.10 Å². The number of nitrogens with one attached hydrogen (secondary N) is 2. The van der Waals surface area contributed by atoms with Gasteiger partial charge in [-0.15, -0.1) is 0 Å². The van der Waals surface area contributed by atoms with E-state index in [1.807, 2.05) is 0 Å². The first-order valence-corrected chi connectivity index (χ1v) is 16.7. The topological polar surface area (TPSA) is 154 Å². The summed E-state index contributed by atoms with van der Waals surface area (Å²) in [5, 5.41) is 9.44. The Morgan fingerprint density at radius 3 is 2.33 bits per heavy atom. The highest BCUT2D eigenvalue weighted by Crippen LogP contribution is 2.46. The van der Waals surface area contributed by atoms with Crippen molar-refractivity contribution in [3.8, 4) is 17.1 Å². The van der Waals surface area contributed by atoms with E-state index in [0.29, 0.717) is 29.5 Å². The highest BCUT2D eigenvalue weighted by Gasteiger charge is 2.46. The van der Waals surface area contributed by atoms with Gasteiger partial charge in [0.05, 0.1) is 23.1 Å². The van der Waals surface area contributed by atoms with Crippen LogP contribution in [0.25, 0.3) is 17.1 Å². The average molecular weight is 706 g/mol. The highest BCUT2D eigenvalue weighted by molar-refractivity contribution is 6.03. The normalized spacial score (nSPS) is 15.3. The quantitative estimate of drug-likeness (QED) is 0.168. The zero-order chi connectivity index (χ0) is 36.7. The van der Waals surface area contributed by atoms with Crippen molar-refractivity contribution >= 4 is 29.6 Å². The standard InChI is InChI=1S/C36H41F2N7O6/c1-34(2,3)50-32(47)42-36(14-15-36)23-9-11-24(12-10-23)45-19-25(28(43-45)29(37)38)40-30(46)26-20-49-31(41-26)22-13-16-39-27(17-22)44(18-21-7-8-21)33(48)51-35(4,5)6/h9-13,16-17,19-21,29H,7-8,14-15,18H2,1-6H3,(H,40,46)(H,42,47). The van der Waals surface area contributed by atoms with Crippen LogP contribution in [0.4, 0.5) is 29.9 Å². The molecule has 13 nitrogen and oxygen atoms in total. The van der Waals surface area contributed by atoms with Crippen LogP contribution in [0.1, 0.15) is 95.4 Å². The summed E-state index contributed by atoms with van der Waals surface area (Å²) in [5.41, 5.74) is -1.12. The van der Waals surface area contributed by atoms with E-state index in [1.165, 1.54) is 22.0 Å². The number of ether oxygens (including phenoxy) is 2. The lowest BCUT2D eigenvalue weighted by atomic mass is 10.0. The number of carbonyl (C=O) groups excluding carboxylic acids is 3. The fraction of sp³-hybridized carbons (Fsp3) is 0.444. The van der Waals surface area contributed by atoms with Crippen LogP contribution in [0.15, 0.2) is 59.5 Å². The van der Waals surface area contributed by atoms with Crippen LogP contribution >= 0.6 is 0 Å². The van der Waals surface area contributed by atoms with E-state index in [2.05, 4.69) is 25.7 Å². The van der Waals surface area contributed by atoms with E-state index in [9.17, 15) is 23.2 Å². The van der Waals surface area contributed by atoms with Gasteiger partial charge in [-0.05, 0) is 103 Å². The van der Waals surface area contributed by atoms with Crippen LogP contribution < -0.4 is 15.5 Å². The Balaban J connectivity index is 1.16. The monoisotopic (exact) mass is 705 g/mol. The first-order chi connectivity index (χ1) is 24.0. The van der Waals surface area contributed by atoms with Crippen LogP contribution in [0, 0.1) is 5.92 Å². The second-order valence-corrected chi connectivity index (χ2v) is 14.9. The summed E-state index contributed by atoms with van der Waals surface area (Å²) < 4.78 is 46.0. The molecule has 1 aromatic carbocycles. The molecule has 0 radical (unpaired) electrons. The Morgan fingerprint density at radius 2 is 1.73 bits per heavy atom. The molecule has 15 heteroatoms. The minimum absolute atomic E-state index is 0.0684. The number of alkyl carbamates (subject to hydrolysis) is 1. The zero-order valence-electron chi connectivity index (χ0n) is 29.3. The number of hydrogen-bond acceptors (Lipinski definition) is 9. The van der Waals surface area contributed by atoms with Crippen molar-refractivity contribution in [1.29, 1.82) is 0 Å². The number of hydrogen-bond donors (Lipinski definition) is 2. The molecule has 3 aromatic heterocycles. The van der Waals surface area contributed by atoms with E-state index in [0.717, 1.165) is 37.5 Å². The minimum atomic E-state index is -2.99. The van der Waals surface area contributed by atoms with E-state index in [-0.39, 0.29) is 17.3 Å². The predicted octanol–water partition coefficient (Wildman–Crippen LogP) is 7.78. The van der Waals surface area contributed by atoms with Crippen LogP contribution in [-0.4, -0.2) is 55.6 Å². The molecule has 2 aliphatic carbocycles. The Bertz CT molecular complexity index is 1920. The molecule has 0 aliphatic heterocycles. The molecule has 2 N–H and O–H groups in total. The number of anilines is 2. The molecule has 2 aliphatic rings. The molecular weight excluding hydrogens is 664 g/mol. The SMILES string of the molecule is CC(C)(C)OC(=O)NC1(c2ccc(-n3cc(NC(=O)c4coc(-c5ccnc(N(CC6CC6)C(=O)OC(C)(C)C)c5)n4)c(C(F)F)n3)cc2)CC1. The van der Waals surface area contributed by atoms with Gasteiger partial charge in [0.2, 0.25) is 5.89 Å². The number of aromatic nitrogens is 4.